The van der Waals surface area contributed by atoms with Gasteiger partial charge in [-0.3, -0.25) is 9.59 Å². The summed E-state index contributed by atoms with van der Waals surface area (Å²) in [5.41, 5.74) is 0.0802. The average molecular weight is 533 g/mol. The Balaban J connectivity index is 1.47. The van der Waals surface area contributed by atoms with Gasteiger partial charge in [0.25, 0.3) is 5.91 Å². The summed E-state index contributed by atoms with van der Waals surface area (Å²) >= 11 is 0. The molecule has 0 unspecified atom stereocenters. The van der Waals surface area contributed by atoms with E-state index in [0.29, 0.717) is 24.1 Å². The maximum Gasteiger partial charge on any atom is 0.419 e. The van der Waals surface area contributed by atoms with Crippen LogP contribution in [0.1, 0.15) is 53.7 Å². The van der Waals surface area contributed by atoms with Crippen LogP contribution < -0.4 is 10.6 Å². The Morgan fingerprint density at radius 3 is 2.42 bits per heavy atom. The van der Waals surface area contributed by atoms with Gasteiger partial charge in [-0.25, -0.2) is 9.97 Å². The van der Waals surface area contributed by atoms with Crippen LogP contribution in [-0.2, 0) is 17.4 Å². The fraction of sp³-hybridized carbons (Fsp3) is 0.556. The van der Waals surface area contributed by atoms with Crippen molar-refractivity contribution >= 4 is 23.5 Å². The SMILES string of the molecule is CNC(=O)[C@H]1CCC[C@H]1Cc1nc(Nc2ccc(C(=O)N(C)C3CCN(C)CC3)cc2)ncc1C(F)(F)F. The second-order valence-electron chi connectivity index (χ2n) is 10.3. The summed E-state index contributed by atoms with van der Waals surface area (Å²) in [5, 5.41) is 5.57. The zero-order valence-electron chi connectivity index (χ0n) is 22.0. The van der Waals surface area contributed by atoms with Crippen molar-refractivity contribution in [2.75, 3.05) is 39.5 Å². The summed E-state index contributed by atoms with van der Waals surface area (Å²) in [5.74, 6) is -0.730. The van der Waals surface area contributed by atoms with Crippen molar-refractivity contribution in [2.24, 2.45) is 11.8 Å². The number of benzene rings is 1. The van der Waals surface area contributed by atoms with Crippen LogP contribution in [0.2, 0.25) is 0 Å². The van der Waals surface area contributed by atoms with Crippen molar-refractivity contribution in [2.45, 2.75) is 50.7 Å². The van der Waals surface area contributed by atoms with Crippen LogP contribution in [-0.4, -0.2) is 71.9 Å². The normalized spacial score (nSPS) is 20.8. The van der Waals surface area contributed by atoms with Crippen LogP contribution in [0.15, 0.2) is 30.5 Å². The third-order valence-electron chi connectivity index (χ3n) is 7.82. The van der Waals surface area contributed by atoms with Gasteiger partial charge in [-0.15, -0.1) is 0 Å². The van der Waals surface area contributed by atoms with E-state index in [1.165, 1.54) is 7.05 Å². The third kappa shape index (κ3) is 6.43. The molecule has 1 saturated carbocycles. The molecule has 2 amide bonds. The highest BCUT2D eigenvalue weighted by Crippen LogP contribution is 2.38. The largest absolute Gasteiger partial charge is 0.419 e. The van der Waals surface area contributed by atoms with E-state index in [1.54, 1.807) is 29.2 Å². The van der Waals surface area contributed by atoms with Gasteiger partial charge in [0.15, 0.2) is 0 Å². The van der Waals surface area contributed by atoms with E-state index in [-0.39, 0.29) is 47.8 Å². The van der Waals surface area contributed by atoms with Crippen LogP contribution in [0.25, 0.3) is 0 Å². The Morgan fingerprint density at radius 1 is 1.11 bits per heavy atom. The Hall–Kier alpha value is -3.21. The molecule has 0 spiro atoms. The maximum absolute atomic E-state index is 13.7. The minimum Gasteiger partial charge on any atom is -0.359 e. The Bertz CT molecular complexity index is 1130. The highest BCUT2D eigenvalue weighted by atomic mass is 19.4. The van der Waals surface area contributed by atoms with Crippen LogP contribution >= 0.6 is 0 Å². The predicted molar refractivity (Wildman–Crippen MR) is 138 cm³/mol. The van der Waals surface area contributed by atoms with Gasteiger partial charge in [0.2, 0.25) is 11.9 Å². The molecule has 0 bridgehead atoms. The highest BCUT2D eigenvalue weighted by Gasteiger charge is 2.38. The van der Waals surface area contributed by atoms with Crippen LogP contribution in [0.3, 0.4) is 0 Å². The van der Waals surface area contributed by atoms with Crippen molar-refractivity contribution in [1.82, 2.24) is 25.1 Å². The minimum absolute atomic E-state index is 0.0324. The quantitative estimate of drug-likeness (QED) is 0.558. The molecule has 2 aromatic rings. The summed E-state index contributed by atoms with van der Waals surface area (Å²) < 4.78 is 41.2. The number of piperidine rings is 1. The van der Waals surface area contributed by atoms with Crippen molar-refractivity contribution in [3.63, 3.8) is 0 Å². The number of hydrogen-bond donors (Lipinski definition) is 2. The van der Waals surface area contributed by atoms with Gasteiger partial charge in [0.1, 0.15) is 0 Å². The number of alkyl halides is 3. The average Bonchev–Trinajstić information content (AvgIpc) is 3.36. The smallest absolute Gasteiger partial charge is 0.359 e. The molecule has 2 aliphatic rings. The number of aromatic nitrogens is 2. The fourth-order valence-electron chi connectivity index (χ4n) is 5.51. The Labute approximate surface area is 221 Å². The van der Waals surface area contributed by atoms with E-state index < -0.39 is 11.7 Å². The predicted octanol–water partition coefficient (Wildman–Crippen LogP) is 4.11. The molecule has 38 heavy (non-hydrogen) atoms. The number of nitrogens with one attached hydrogen (secondary N) is 2. The number of hydrogen-bond acceptors (Lipinski definition) is 6. The van der Waals surface area contributed by atoms with Crippen molar-refractivity contribution in [3.05, 3.63) is 47.3 Å². The lowest BCUT2D eigenvalue weighted by Gasteiger charge is -2.35. The van der Waals surface area contributed by atoms with Gasteiger partial charge in [0, 0.05) is 43.5 Å². The van der Waals surface area contributed by atoms with E-state index in [9.17, 15) is 22.8 Å². The summed E-state index contributed by atoms with van der Waals surface area (Å²) in [6.07, 6.45) is 0.204. The van der Waals surface area contributed by atoms with Crippen molar-refractivity contribution in [3.8, 4) is 0 Å². The molecule has 1 aliphatic carbocycles. The number of carbonyl (C=O) groups excluding carboxylic acids is 2. The first kappa shape index (κ1) is 27.8. The van der Waals surface area contributed by atoms with Gasteiger partial charge in [0.05, 0.1) is 11.3 Å². The monoisotopic (exact) mass is 532 g/mol. The van der Waals surface area contributed by atoms with Crippen LogP contribution in [0, 0.1) is 11.8 Å². The standard InChI is InChI=1S/C27H35F3N6O2/c1-31-24(37)21-6-4-5-18(21)15-23-22(27(28,29)30)16-32-26(34-23)33-19-9-7-17(8-10-19)25(38)36(3)20-11-13-35(2)14-12-20/h7-10,16,18,20-21H,4-6,11-15H2,1-3H3,(H,31,37)(H,32,33,34)/t18-,21-/m0/s1. The molecule has 2 heterocycles. The lowest BCUT2D eigenvalue weighted by molar-refractivity contribution is -0.138. The van der Waals surface area contributed by atoms with Crippen molar-refractivity contribution < 1.29 is 22.8 Å². The van der Waals surface area contributed by atoms with E-state index in [2.05, 4.69) is 32.5 Å². The molecule has 1 aromatic carbocycles. The third-order valence-corrected chi connectivity index (χ3v) is 7.82. The maximum atomic E-state index is 13.7. The molecule has 2 fully saturated rings. The molecule has 1 aliphatic heterocycles. The topological polar surface area (TPSA) is 90.5 Å². The summed E-state index contributed by atoms with van der Waals surface area (Å²) in [6.45, 7) is 1.90. The Kier molecular flexibility index (Phi) is 8.54. The van der Waals surface area contributed by atoms with Gasteiger partial charge < -0.3 is 20.4 Å². The number of carbonyl (C=O) groups is 2. The molecule has 2 atom stereocenters. The lowest BCUT2D eigenvalue weighted by Crippen LogP contribution is -2.44. The Morgan fingerprint density at radius 2 is 1.79 bits per heavy atom. The molecule has 1 aromatic heterocycles. The number of nitrogens with zero attached hydrogens (tertiary/aromatic N) is 4. The second-order valence-corrected chi connectivity index (χ2v) is 10.3. The summed E-state index contributed by atoms with van der Waals surface area (Å²) in [7, 11) is 5.43. The van der Waals surface area contributed by atoms with Crippen LogP contribution in [0.5, 0.6) is 0 Å². The molecular formula is C27H35F3N6O2. The lowest BCUT2D eigenvalue weighted by atomic mass is 9.89. The second kappa shape index (κ2) is 11.7. The molecule has 8 nitrogen and oxygen atoms in total. The molecule has 2 N–H and O–H groups in total. The zero-order valence-corrected chi connectivity index (χ0v) is 22.0. The summed E-state index contributed by atoms with van der Waals surface area (Å²) in [4.78, 5) is 37.3. The molecule has 1 saturated heterocycles. The highest BCUT2D eigenvalue weighted by molar-refractivity contribution is 5.94. The van der Waals surface area contributed by atoms with E-state index in [1.807, 2.05) is 7.05 Å². The molecule has 206 valence electrons. The molecule has 4 rings (SSSR count). The fourth-order valence-corrected chi connectivity index (χ4v) is 5.51. The zero-order chi connectivity index (χ0) is 27.4. The van der Waals surface area contributed by atoms with Crippen LogP contribution in [0.4, 0.5) is 24.8 Å². The molecule has 0 radical (unpaired) electrons. The first-order valence-electron chi connectivity index (χ1n) is 13.0. The number of anilines is 2. The van der Waals surface area contributed by atoms with Gasteiger partial charge in [-0.2, -0.15) is 13.2 Å². The number of rotatable bonds is 7. The summed E-state index contributed by atoms with van der Waals surface area (Å²) in [6, 6.07) is 6.95. The molecule has 11 heteroatoms. The van der Waals surface area contributed by atoms with Gasteiger partial charge in [-0.1, -0.05) is 6.42 Å². The van der Waals surface area contributed by atoms with E-state index >= 15 is 0 Å². The van der Waals surface area contributed by atoms with E-state index in [4.69, 9.17) is 0 Å². The van der Waals surface area contributed by atoms with E-state index in [0.717, 1.165) is 38.5 Å². The van der Waals surface area contributed by atoms with Crippen molar-refractivity contribution in [1.29, 1.82) is 0 Å². The van der Waals surface area contributed by atoms with Gasteiger partial charge >= 0.3 is 6.18 Å². The van der Waals surface area contributed by atoms with Gasteiger partial charge in [-0.05, 0) is 82.4 Å². The number of likely N-dealkylation sites (tertiary alicyclic amines) is 1. The first-order valence-corrected chi connectivity index (χ1v) is 13.0. The molecular weight excluding hydrogens is 497 g/mol. The first-order chi connectivity index (χ1) is 18.1. The minimum atomic E-state index is -4.60. The number of halogens is 3. The number of amides is 2.